The zero-order valence-corrected chi connectivity index (χ0v) is 11.4. The molecule has 0 aromatic carbocycles. The van der Waals surface area contributed by atoms with Gasteiger partial charge in [0.25, 0.3) is 0 Å². The van der Waals surface area contributed by atoms with Crippen LogP contribution in [0.2, 0.25) is 0 Å². The molecule has 1 aliphatic carbocycles. The van der Waals surface area contributed by atoms with Gasteiger partial charge >= 0.3 is 0 Å². The van der Waals surface area contributed by atoms with Crippen molar-refractivity contribution in [2.45, 2.75) is 39.0 Å². The topological polar surface area (TPSA) is 49.8 Å². The third kappa shape index (κ3) is 3.86. The predicted octanol–water partition coefficient (Wildman–Crippen LogP) is 3.15. The van der Waals surface area contributed by atoms with Gasteiger partial charge in [-0.2, -0.15) is 0 Å². The largest absolute Gasteiger partial charge is 0.372 e. The SMILES string of the molecule is CNc1cncc(NCCC2CCCC(C)C2)n1. The minimum absolute atomic E-state index is 0.811. The van der Waals surface area contributed by atoms with E-state index in [9.17, 15) is 0 Å². The zero-order chi connectivity index (χ0) is 12.8. The van der Waals surface area contributed by atoms with Gasteiger partial charge in [-0.25, -0.2) is 4.98 Å². The summed E-state index contributed by atoms with van der Waals surface area (Å²) in [5.74, 6) is 3.48. The van der Waals surface area contributed by atoms with Crippen LogP contribution in [0.1, 0.15) is 39.0 Å². The summed E-state index contributed by atoms with van der Waals surface area (Å²) in [4.78, 5) is 8.55. The Morgan fingerprint density at radius 1 is 1.28 bits per heavy atom. The minimum Gasteiger partial charge on any atom is -0.372 e. The molecular weight excluding hydrogens is 224 g/mol. The van der Waals surface area contributed by atoms with Gasteiger partial charge in [-0.15, -0.1) is 0 Å². The van der Waals surface area contributed by atoms with Gasteiger partial charge in [-0.1, -0.05) is 26.2 Å². The van der Waals surface area contributed by atoms with Crippen LogP contribution in [0.5, 0.6) is 0 Å². The molecule has 100 valence electrons. The number of aromatic nitrogens is 2. The van der Waals surface area contributed by atoms with Crippen molar-refractivity contribution in [3.8, 4) is 0 Å². The molecule has 0 radical (unpaired) electrons. The predicted molar refractivity (Wildman–Crippen MR) is 75.8 cm³/mol. The summed E-state index contributed by atoms with van der Waals surface area (Å²) >= 11 is 0. The molecule has 1 heterocycles. The van der Waals surface area contributed by atoms with E-state index < -0.39 is 0 Å². The van der Waals surface area contributed by atoms with Crippen LogP contribution in [0, 0.1) is 11.8 Å². The number of hydrogen-bond acceptors (Lipinski definition) is 4. The molecule has 1 aromatic heterocycles. The van der Waals surface area contributed by atoms with Gasteiger partial charge in [0.1, 0.15) is 11.6 Å². The van der Waals surface area contributed by atoms with Crippen LogP contribution >= 0.6 is 0 Å². The molecule has 4 heteroatoms. The molecule has 2 unspecified atom stereocenters. The lowest BCUT2D eigenvalue weighted by Crippen LogP contribution is -2.17. The second kappa shape index (κ2) is 6.57. The number of rotatable bonds is 5. The van der Waals surface area contributed by atoms with Crippen molar-refractivity contribution >= 4 is 11.6 Å². The highest BCUT2D eigenvalue weighted by molar-refractivity contribution is 5.40. The molecule has 1 aromatic rings. The van der Waals surface area contributed by atoms with E-state index in [0.29, 0.717) is 0 Å². The summed E-state index contributed by atoms with van der Waals surface area (Å²) in [6, 6.07) is 0. The molecule has 2 N–H and O–H groups in total. The summed E-state index contributed by atoms with van der Waals surface area (Å²) < 4.78 is 0. The van der Waals surface area contributed by atoms with Crippen molar-refractivity contribution in [3.63, 3.8) is 0 Å². The highest BCUT2D eigenvalue weighted by Crippen LogP contribution is 2.30. The van der Waals surface area contributed by atoms with Crippen molar-refractivity contribution in [3.05, 3.63) is 12.4 Å². The van der Waals surface area contributed by atoms with E-state index in [4.69, 9.17) is 0 Å². The molecular formula is C14H24N4. The molecule has 2 rings (SSSR count). The highest BCUT2D eigenvalue weighted by Gasteiger charge is 2.18. The van der Waals surface area contributed by atoms with Gasteiger partial charge in [0, 0.05) is 13.6 Å². The summed E-state index contributed by atoms with van der Waals surface area (Å²) in [5.41, 5.74) is 0. The Morgan fingerprint density at radius 3 is 2.89 bits per heavy atom. The first-order chi connectivity index (χ1) is 8.78. The Labute approximate surface area is 110 Å². The Kier molecular flexibility index (Phi) is 4.79. The van der Waals surface area contributed by atoms with Crippen molar-refractivity contribution < 1.29 is 0 Å². The molecule has 1 fully saturated rings. The second-order valence-corrected chi connectivity index (χ2v) is 5.39. The lowest BCUT2D eigenvalue weighted by Gasteiger charge is -2.26. The van der Waals surface area contributed by atoms with E-state index in [-0.39, 0.29) is 0 Å². The summed E-state index contributed by atoms with van der Waals surface area (Å²) in [5, 5.41) is 6.37. The Morgan fingerprint density at radius 2 is 2.11 bits per heavy atom. The van der Waals surface area contributed by atoms with Gasteiger partial charge in [0.15, 0.2) is 0 Å². The molecule has 0 aliphatic heterocycles. The maximum Gasteiger partial charge on any atom is 0.146 e. The fourth-order valence-corrected chi connectivity index (χ4v) is 2.80. The molecule has 0 spiro atoms. The normalized spacial score (nSPS) is 23.7. The standard InChI is InChI=1S/C14H24N4/c1-11-4-3-5-12(8-11)6-7-17-14-10-16-9-13(15-2)18-14/h9-12H,3-8H2,1-2H3,(H2,15,17,18). The monoisotopic (exact) mass is 248 g/mol. The van der Waals surface area contributed by atoms with Gasteiger partial charge < -0.3 is 10.6 Å². The van der Waals surface area contributed by atoms with Crippen molar-refractivity contribution in [1.82, 2.24) is 9.97 Å². The van der Waals surface area contributed by atoms with Crippen LogP contribution in [-0.4, -0.2) is 23.6 Å². The molecule has 0 amide bonds. The molecule has 1 aliphatic rings. The van der Waals surface area contributed by atoms with Crippen LogP contribution in [-0.2, 0) is 0 Å². The van der Waals surface area contributed by atoms with Crippen molar-refractivity contribution in [2.24, 2.45) is 11.8 Å². The smallest absolute Gasteiger partial charge is 0.146 e. The third-order valence-corrected chi connectivity index (χ3v) is 3.79. The maximum absolute atomic E-state index is 4.40. The van der Waals surface area contributed by atoms with Crippen molar-refractivity contribution in [1.29, 1.82) is 0 Å². The minimum atomic E-state index is 0.811. The average molecular weight is 248 g/mol. The molecule has 1 saturated carbocycles. The van der Waals surface area contributed by atoms with Crippen molar-refractivity contribution in [2.75, 3.05) is 24.2 Å². The van der Waals surface area contributed by atoms with Gasteiger partial charge in [0.05, 0.1) is 12.4 Å². The van der Waals surface area contributed by atoms with Gasteiger partial charge in [-0.05, 0) is 24.7 Å². The van der Waals surface area contributed by atoms with E-state index in [0.717, 1.165) is 30.0 Å². The Balaban J connectivity index is 1.74. The number of nitrogens with zero attached hydrogens (tertiary/aromatic N) is 2. The van der Waals surface area contributed by atoms with Crippen LogP contribution in [0.15, 0.2) is 12.4 Å². The van der Waals surface area contributed by atoms with E-state index in [1.165, 1.54) is 32.1 Å². The first-order valence-corrected chi connectivity index (χ1v) is 7.01. The molecule has 0 bridgehead atoms. The number of anilines is 2. The molecule has 4 nitrogen and oxygen atoms in total. The summed E-state index contributed by atoms with van der Waals surface area (Å²) in [6.07, 6.45) is 10.4. The number of hydrogen-bond donors (Lipinski definition) is 2. The Hall–Kier alpha value is -1.32. The van der Waals surface area contributed by atoms with Crippen LogP contribution in [0.3, 0.4) is 0 Å². The molecule has 2 atom stereocenters. The van der Waals surface area contributed by atoms with E-state index >= 15 is 0 Å². The first kappa shape index (κ1) is 13.1. The lowest BCUT2D eigenvalue weighted by molar-refractivity contribution is 0.274. The zero-order valence-electron chi connectivity index (χ0n) is 11.4. The number of nitrogens with one attached hydrogen (secondary N) is 2. The summed E-state index contributed by atoms with van der Waals surface area (Å²) in [7, 11) is 1.86. The van der Waals surface area contributed by atoms with E-state index in [1.54, 1.807) is 12.4 Å². The molecule has 18 heavy (non-hydrogen) atoms. The van der Waals surface area contributed by atoms with Gasteiger partial charge in [0.2, 0.25) is 0 Å². The van der Waals surface area contributed by atoms with Crippen LogP contribution in [0.4, 0.5) is 11.6 Å². The third-order valence-electron chi connectivity index (χ3n) is 3.79. The average Bonchev–Trinajstić information content (AvgIpc) is 2.39. The van der Waals surface area contributed by atoms with Gasteiger partial charge in [-0.3, -0.25) is 4.98 Å². The fraction of sp³-hybridized carbons (Fsp3) is 0.714. The quantitative estimate of drug-likeness (QED) is 0.840. The van der Waals surface area contributed by atoms with Crippen LogP contribution < -0.4 is 10.6 Å². The summed E-state index contributed by atoms with van der Waals surface area (Å²) in [6.45, 7) is 3.38. The second-order valence-electron chi connectivity index (χ2n) is 5.39. The first-order valence-electron chi connectivity index (χ1n) is 7.01. The van der Waals surface area contributed by atoms with E-state index in [1.807, 2.05) is 7.05 Å². The molecule has 0 saturated heterocycles. The van der Waals surface area contributed by atoms with E-state index in [2.05, 4.69) is 27.5 Å². The fourth-order valence-electron chi connectivity index (χ4n) is 2.80. The maximum atomic E-state index is 4.40. The Bertz CT molecular complexity index is 367. The lowest BCUT2D eigenvalue weighted by atomic mass is 9.81. The highest BCUT2D eigenvalue weighted by atomic mass is 15.1. The van der Waals surface area contributed by atoms with Crippen LogP contribution in [0.25, 0.3) is 0 Å².